The molecular weight excluding hydrogens is 542 g/mol. The Bertz CT molecular complexity index is 1010. The van der Waals surface area contributed by atoms with Crippen LogP contribution in [0.1, 0.15) is 53.4 Å². The number of unbranched alkanes of at least 4 members (excludes halogenated alkanes) is 2. The largest absolute Gasteiger partial charge is 0.494 e. The zero-order valence-corrected chi connectivity index (χ0v) is 23.5. The molecule has 1 spiro atoms. The highest BCUT2D eigenvalue weighted by molar-refractivity contribution is 9.09. The molecule has 3 heterocycles. The quantitative estimate of drug-likeness (QED) is 0.290. The molecular formula is C27H38BrN3O6. The Morgan fingerprint density at radius 2 is 1.89 bits per heavy atom. The number of ether oxygens (including phenoxy) is 2. The molecule has 2 bridgehead atoms. The van der Waals surface area contributed by atoms with E-state index in [9.17, 15) is 14.4 Å². The Morgan fingerprint density at radius 1 is 1.19 bits per heavy atom. The Kier molecular flexibility index (Phi) is 8.21. The standard InChI is InChI=1S/C27H38BrN3O6/c1-5-36-17-11-9-16(10-12-17)29-23(33)19-20-25(35)31(13-7-6-8-14-32)22(24(34)30-26(2,3)4)27(20)15-18(28)21(19)37-27/h9-12,18-22,32H,5-8,13-15H2,1-4H3,(H,29,33)(H,30,34)/t18?,19-,20+,21-,22?,27?/m1/s1. The maximum absolute atomic E-state index is 13.9. The summed E-state index contributed by atoms with van der Waals surface area (Å²) >= 11 is 3.69. The summed E-state index contributed by atoms with van der Waals surface area (Å²) < 4.78 is 12.0. The number of alkyl halides is 1. The van der Waals surface area contributed by atoms with E-state index < -0.39 is 35.1 Å². The molecule has 3 N–H and O–H groups in total. The van der Waals surface area contributed by atoms with E-state index in [1.54, 1.807) is 29.2 Å². The van der Waals surface area contributed by atoms with Gasteiger partial charge in [-0.3, -0.25) is 14.4 Å². The number of nitrogens with zero attached hydrogens (tertiary/aromatic N) is 1. The van der Waals surface area contributed by atoms with Gasteiger partial charge in [-0.05, 0) is 77.6 Å². The van der Waals surface area contributed by atoms with Crippen molar-refractivity contribution in [2.75, 3.05) is 25.1 Å². The molecule has 3 saturated heterocycles. The summed E-state index contributed by atoms with van der Waals surface area (Å²) in [6.07, 6.45) is 1.97. The van der Waals surface area contributed by atoms with Crippen LogP contribution in [-0.4, -0.2) is 75.6 Å². The topological polar surface area (TPSA) is 117 Å². The molecule has 0 saturated carbocycles. The molecule has 9 nitrogen and oxygen atoms in total. The van der Waals surface area contributed by atoms with Gasteiger partial charge in [-0.2, -0.15) is 0 Å². The first-order valence-corrected chi connectivity index (χ1v) is 14.0. The molecule has 3 aliphatic rings. The van der Waals surface area contributed by atoms with E-state index in [1.807, 2.05) is 27.7 Å². The minimum atomic E-state index is -1.08. The van der Waals surface area contributed by atoms with Crippen molar-refractivity contribution < 1.29 is 29.0 Å². The van der Waals surface area contributed by atoms with E-state index in [0.717, 1.165) is 6.42 Å². The summed E-state index contributed by atoms with van der Waals surface area (Å²) in [5, 5.41) is 15.1. The van der Waals surface area contributed by atoms with Crippen LogP contribution in [0.15, 0.2) is 24.3 Å². The van der Waals surface area contributed by atoms with E-state index in [0.29, 0.717) is 43.9 Å². The number of rotatable bonds is 10. The average Bonchev–Trinajstić information content (AvgIpc) is 3.40. The zero-order chi connectivity index (χ0) is 27.0. The third-order valence-corrected chi connectivity index (χ3v) is 8.17. The molecule has 3 fully saturated rings. The number of nitrogens with one attached hydrogen (secondary N) is 2. The predicted molar refractivity (Wildman–Crippen MR) is 142 cm³/mol. The van der Waals surface area contributed by atoms with E-state index >= 15 is 0 Å². The van der Waals surface area contributed by atoms with Crippen LogP contribution in [0.5, 0.6) is 5.75 Å². The number of fused-ring (bicyclic) bond motifs is 1. The number of carbonyl (C=O) groups excluding carboxylic acids is 3. The van der Waals surface area contributed by atoms with Gasteiger partial charge in [-0.25, -0.2) is 0 Å². The Morgan fingerprint density at radius 3 is 2.51 bits per heavy atom. The van der Waals surface area contributed by atoms with Crippen molar-refractivity contribution >= 4 is 39.3 Å². The minimum absolute atomic E-state index is 0.0816. The van der Waals surface area contributed by atoms with Crippen molar-refractivity contribution in [3.8, 4) is 5.75 Å². The van der Waals surface area contributed by atoms with Crippen molar-refractivity contribution in [1.29, 1.82) is 0 Å². The van der Waals surface area contributed by atoms with Gasteiger partial charge in [0, 0.05) is 29.2 Å². The van der Waals surface area contributed by atoms with Gasteiger partial charge in [-0.1, -0.05) is 15.9 Å². The number of hydrogen-bond acceptors (Lipinski definition) is 6. The Labute approximate surface area is 226 Å². The molecule has 3 aliphatic heterocycles. The van der Waals surface area contributed by atoms with Crippen LogP contribution < -0.4 is 15.4 Å². The Hall–Kier alpha value is -2.17. The molecule has 204 valence electrons. The second-order valence-electron chi connectivity index (χ2n) is 11.2. The fourth-order valence-corrected chi connectivity index (χ4v) is 6.95. The highest BCUT2D eigenvalue weighted by Gasteiger charge is 2.76. The minimum Gasteiger partial charge on any atom is -0.494 e. The molecule has 1 aromatic rings. The van der Waals surface area contributed by atoms with Crippen LogP contribution in [0.3, 0.4) is 0 Å². The normalized spacial score (nSPS) is 30.4. The number of likely N-dealkylation sites (tertiary alicyclic amines) is 1. The van der Waals surface area contributed by atoms with Gasteiger partial charge in [0.05, 0.1) is 24.5 Å². The van der Waals surface area contributed by atoms with Crippen LogP contribution in [0, 0.1) is 11.8 Å². The fraction of sp³-hybridized carbons (Fsp3) is 0.667. The number of halogens is 1. The Balaban J connectivity index is 1.62. The molecule has 3 unspecified atom stereocenters. The monoisotopic (exact) mass is 579 g/mol. The molecule has 0 aromatic heterocycles. The van der Waals surface area contributed by atoms with Crippen LogP contribution in [0.2, 0.25) is 0 Å². The third-order valence-electron chi connectivity index (χ3n) is 7.33. The van der Waals surface area contributed by atoms with Crippen LogP contribution in [0.4, 0.5) is 5.69 Å². The van der Waals surface area contributed by atoms with Gasteiger partial charge < -0.3 is 30.1 Å². The number of amides is 3. The maximum Gasteiger partial charge on any atom is 0.246 e. The average molecular weight is 581 g/mol. The highest BCUT2D eigenvalue weighted by Crippen LogP contribution is 2.60. The van der Waals surface area contributed by atoms with E-state index in [-0.39, 0.29) is 29.2 Å². The van der Waals surface area contributed by atoms with Crippen LogP contribution >= 0.6 is 15.9 Å². The molecule has 0 aliphatic carbocycles. The number of hydrogen-bond donors (Lipinski definition) is 3. The summed E-state index contributed by atoms with van der Waals surface area (Å²) in [6.45, 7) is 8.60. The highest BCUT2D eigenvalue weighted by atomic mass is 79.9. The summed E-state index contributed by atoms with van der Waals surface area (Å²) in [6, 6.07) is 6.27. The van der Waals surface area contributed by atoms with E-state index in [4.69, 9.17) is 14.6 Å². The van der Waals surface area contributed by atoms with Crippen LogP contribution in [-0.2, 0) is 19.1 Å². The number of benzene rings is 1. The SMILES string of the molecule is CCOc1ccc(NC(=O)[C@H]2[C@@H]3OC4(CC3Br)C(C(=O)NC(C)(C)C)N(CCCCCO)C(=O)[C@H]24)cc1. The summed E-state index contributed by atoms with van der Waals surface area (Å²) in [5.41, 5.74) is -0.972. The second-order valence-corrected chi connectivity index (χ2v) is 12.3. The van der Waals surface area contributed by atoms with E-state index in [2.05, 4.69) is 26.6 Å². The van der Waals surface area contributed by atoms with Gasteiger partial charge in [0.1, 0.15) is 17.4 Å². The molecule has 37 heavy (non-hydrogen) atoms. The first-order valence-electron chi connectivity index (χ1n) is 13.1. The predicted octanol–water partition coefficient (Wildman–Crippen LogP) is 2.85. The van der Waals surface area contributed by atoms with Gasteiger partial charge in [0.25, 0.3) is 0 Å². The third kappa shape index (κ3) is 5.38. The lowest BCUT2D eigenvalue weighted by atomic mass is 9.70. The smallest absolute Gasteiger partial charge is 0.246 e. The van der Waals surface area contributed by atoms with Crippen molar-refractivity contribution in [3.63, 3.8) is 0 Å². The first-order chi connectivity index (χ1) is 17.5. The number of carbonyl (C=O) groups is 3. The molecule has 10 heteroatoms. The van der Waals surface area contributed by atoms with Crippen molar-refractivity contribution in [2.24, 2.45) is 11.8 Å². The summed E-state index contributed by atoms with van der Waals surface area (Å²) in [4.78, 5) is 42.6. The van der Waals surface area contributed by atoms with Gasteiger partial charge in [-0.15, -0.1) is 0 Å². The van der Waals surface area contributed by atoms with Crippen LogP contribution in [0.25, 0.3) is 0 Å². The van der Waals surface area contributed by atoms with Gasteiger partial charge in [0.15, 0.2) is 0 Å². The number of aliphatic hydroxyl groups excluding tert-OH is 1. The van der Waals surface area contributed by atoms with Crippen molar-refractivity contribution in [2.45, 2.75) is 81.5 Å². The lowest BCUT2D eigenvalue weighted by Crippen LogP contribution is -2.58. The van der Waals surface area contributed by atoms with Gasteiger partial charge >= 0.3 is 0 Å². The molecule has 3 amide bonds. The number of aliphatic hydroxyl groups is 1. The van der Waals surface area contributed by atoms with Crippen molar-refractivity contribution in [3.05, 3.63) is 24.3 Å². The lowest BCUT2D eigenvalue weighted by Gasteiger charge is -2.36. The van der Waals surface area contributed by atoms with E-state index in [1.165, 1.54) is 0 Å². The summed E-state index contributed by atoms with van der Waals surface area (Å²) in [7, 11) is 0. The molecule has 6 atom stereocenters. The van der Waals surface area contributed by atoms with Gasteiger partial charge in [0.2, 0.25) is 17.7 Å². The second kappa shape index (κ2) is 10.9. The van der Waals surface area contributed by atoms with Crippen molar-refractivity contribution in [1.82, 2.24) is 10.2 Å². The maximum atomic E-state index is 13.9. The molecule has 1 aromatic carbocycles. The molecule has 4 rings (SSSR count). The zero-order valence-electron chi connectivity index (χ0n) is 22.0. The first kappa shape index (κ1) is 27.9. The lowest BCUT2D eigenvalue weighted by molar-refractivity contribution is -0.142. The summed E-state index contributed by atoms with van der Waals surface area (Å²) in [5.74, 6) is -1.55. The molecule has 0 radical (unpaired) electrons. The number of anilines is 1. The fourth-order valence-electron chi connectivity index (χ4n) is 6.01.